The Morgan fingerprint density at radius 2 is 1.27 bits per heavy atom. The summed E-state index contributed by atoms with van der Waals surface area (Å²) in [6, 6.07) is 0. The van der Waals surface area contributed by atoms with E-state index in [4.69, 9.17) is 5.11 Å². The Hall–Kier alpha value is -0.760. The van der Waals surface area contributed by atoms with Gasteiger partial charge in [-0.2, -0.15) is 39.5 Å². The molecule has 4 nitrogen and oxygen atoms in total. The Bertz CT molecular complexity index is 444. The van der Waals surface area contributed by atoms with E-state index < -0.39 is 33.3 Å². The van der Waals surface area contributed by atoms with Crippen molar-refractivity contribution in [3.05, 3.63) is 0 Å². The molecule has 3 N–H and O–H groups in total. The monoisotopic (exact) mass is 373 g/mol. The Labute approximate surface area is 119 Å². The highest BCUT2D eigenvalue weighted by molar-refractivity contribution is 7.90. The maximum atomic E-state index is 12.3. The number of alkyl halides is 9. The van der Waals surface area contributed by atoms with Crippen LogP contribution in [-0.4, -0.2) is 43.4 Å². The van der Waals surface area contributed by atoms with Crippen LogP contribution in [0.3, 0.4) is 0 Å². The Morgan fingerprint density at radius 1 is 0.909 bits per heavy atom. The van der Waals surface area contributed by atoms with Crippen molar-refractivity contribution in [3.8, 4) is 0 Å². The molecule has 0 saturated heterocycles. The van der Waals surface area contributed by atoms with Crippen molar-refractivity contribution in [2.45, 2.75) is 43.0 Å². The normalized spacial score (nSPS) is 14.4. The van der Waals surface area contributed by atoms with Gasteiger partial charge < -0.3 is 5.11 Å². The number of nitrogens with two attached hydrogens (primary N) is 1. The van der Waals surface area contributed by atoms with Crippen LogP contribution in [-0.2, 0) is 10.0 Å². The van der Waals surface area contributed by atoms with Gasteiger partial charge in [0.25, 0.3) is 10.0 Å². The number of halogens is 9. The minimum Gasteiger partial charge on any atom is -0.396 e. The predicted octanol–water partition coefficient (Wildman–Crippen LogP) is 2.48. The average Bonchev–Trinajstić information content (AvgIpc) is 2.27. The van der Waals surface area contributed by atoms with Crippen molar-refractivity contribution in [2.75, 3.05) is 6.61 Å². The molecule has 14 heteroatoms. The molecule has 0 unspecified atom stereocenters. The van der Waals surface area contributed by atoms with Crippen molar-refractivity contribution >= 4 is 10.0 Å². The van der Waals surface area contributed by atoms with Gasteiger partial charge in [0.05, 0.1) is 0 Å². The van der Waals surface area contributed by atoms with E-state index in [2.05, 4.69) is 12.1 Å². The molecule has 0 aliphatic heterocycles. The van der Waals surface area contributed by atoms with E-state index in [1.807, 2.05) is 0 Å². The van der Waals surface area contributed by atoms with Crippen LogP contribution in [0.1, 0.15) is 19.8 Å². The fourth-order valence-corrected chi connectivity index (χ4v) is 1.18. The Kier molecular flexibility index (Phi) is 7.70. The van der Waals surface area contributed by atoms with Gasteiger partial charge in [0.2, 0.25) is 0 Å². The van der Waals surface area contributed by atoms with Crippen LogP contribution in [0.4, 0.5) is 39.5 Å². The molecular formula is C8H12F9NO3S. The highest BCUT2D eigenvalue weighted by atomic mass is 32.2. The van der Waals surface area contributed by atoms with Crippen LogP contribution in [0, 0.1) is 0 Å². The molecule has 0 saturated carbocycles. The summed E-state index contributed by atoms with van der Waals surface area (Å²) < 4.78 is 127. The molecule has 0 aromatic heterocycles. The zero-order chi connectivity index (χ0) is 18.6. The van der Waals surface area contributed by atoms with Crippen LogP contribution in [0.15, 0.2) is 0 Å². The Balaban J connectivity index is 0. The minimum absolute atomic E-state index is 0.344. The molecule has 0 radical (unpaired) electrons. The summed E-state index contributed by atoms with van der Waals surface area (Å²) in [5.74, 6) is -14.5. The third-order valence-electron chi connectivity index (χ3n) is 1.98. The lowest BCUT2D eigenvalue weighted by Crippen LogP contribution is -2.64. The summed E-state index contributed by atoms with van der Waals surface area (Å²) in [4.78, 5) is 0. The van der Waals surface area contributed by atoms with Crippen molar-refractivity contribution in [2.24, 2.45) is 5.14 Å². The van der Waals surface area contributed by atoms with Crippen LogP contribution >= 0.6 is 0 Å². The number of rotatable bonds is 5. The molecule has 0 fully saturated rings. The fraction of sp³-hybridized carbons (Fsp3) is 1.00. The first-order valence-electron chi connectivity index (χ1n) is 5.25. The lowest BCUT2D eigenvalue weighted by atomic mass is 10.1. The van der Waals surface area contributed by atoms with E-state index in [-0.39, 0.29) is 0 Å². The molecule has 0 aliphatic rings. The molecule has 0 aromatic rings. The van der Waals surface area contributed by atoms with Crippen molar-refractivity contribution < 1.29 is 53.0 Å². The van der Waals surface area contributed by atoms with Crippen molar-refractivity contribution in [3.63, 3.8) is 0 Å². The summed E-state index contributed by atoms with van der Waals surface area (Å²) in [6.45, 7) is 2.40. The van der Waals surface area contributed by atoms with Gasteiger partial charge in [-0.1, -0.05) is 13.3 Å². The van der Waals surface area contributed by atoms with Crippen LogP contribution in [0.2, 0.25) is 0 Å². The SMILES string of the molecule is CCCCO.NS(=O)(=O)C(F)(F)C(F)(F)C(F)(F)C(F)(F)F. The van der Waals surface area contributed by atoms with E-state index in [1.165, 1.54) is 0 Å². The maximum absolute atomic E-state index is 12.3. The number of hydrogen-bond donors (Lipinski definition) is 2. The molecular weight excluding hydrogens is 361 g/mol. The zero-order valence-corrected chi connectivity index (χ0v) is 11.6. The van der Waals surface area contributed by atoms with Crippen molar-refractivity contribution in [1.82, 2.24) is 0 Å². The first-order chi connectivity index (χ1) is 9.41. The number of aliphatic hydroxyl groups excluding tert-OH is 1. The number of sulfonamides is 1. The standard InChI is InChI=1S/C4H2F9NO2S.C4H10O/c5-1(6,3(9,10)11)2(7,8)4(12,13)17(14,15)16;1-2-3-4-5/h(H2,14,15,16);5H,2-4H2,1H3. The Morgan fingerprint density at radius 3 is 1.41 bits per heavy atom. The third-order valence-corrected chi connectivity index (χ3v) is 2.96. The molecule has 136 valence electrons. The van der Waals surface area contributed by atoms with Crippen LogP contribution in [0.5, 0.6) is 0 Å². The molecule has 0 amide bonds. The third kappa shape index (κ3) is 4.62. The molecule has 0 aromatic carbocycles. The molecule has 0 rings (SSSR count). The van der Waals surface area contributed by atoms with Gasteiger partial charge in [-0.25, -0.2) is 13.6 Å². The molecule has 0 atom stereocenters. The second kappa shape index (κ2) is 7.21. The highest BCUT2D eigenvalue weighted by Crippen LogP contribution is 2.54. The number of primary sulfonamides is 1. The summed E-state index contributed by atoms with van der Waals surface area (Å²) in [7, 11) is -6.67. The molecule has 0 heterocycles. The largest absolute Gasteiger partial charge is 0.460 e. The lowest BCUT2D eigenvalue weighted by molar-refractivity contribution is -0.382. The van der Waals surface area contributed by atoms with Gasteiger partial charge >= 0.3 is 23.3 Å². The van der Waals surface area contributed by atoms with E-state index in [1.54, 1.807) is 0 Å². The first kappa shape index (κ1) is 23.5. The first-order valence-corrected chi connectivity index (χ1v) is 6.79. The van der Waals surface area contributed by atoms with Crippen LogP contribution < -0.4 is 5.14 Å². The van der Waals surface area contributed by atoms with Gasteiger partial charge in [0.15, 0.2) is 0 Å². The van der Waals surface area contributed by atoms with Gasteiger partial charge in [0, 0.05) is 6.61 Å². The molecule has 0 bridgehead atoms. The van der Waals surface area contributed by atoms with Gasteiger partial charge in [-0.05, 0) is 6.42 Å². The molecule has 0 aliphatic carbocycles. The quantitative estimate of drug-likeness (QED) is 0.727. The summed E-state index contributed by atoms with van der Waals surface area (Å²) in [5, 5.41) is 4.77. The number of unbranched alkanes of at least 4 members (excludes halogenated alkanes) is 1. The van der Waals surface area contributed by atoms with Gasteiger partial charge in [-0.3, -0.25) is 0 Å². The van der Waals surface area contributed by atoms with Crippen molar-refractivity contribution in [1.29, 1.82) is 0 Å². The lowest BCUT2D eigenvalue weighted by Gasteiger charge is -2.32. The topological polar surface area (TPSA) is 80.4 Å². The summed E-state index contributed by atoms with van der Waals surface area (Å²) >= 11 is 0. The fourth-order valence-electron chi connectivity index (χ4n) is 0.698. The van der Waals surface area contributed by atoms with E-state index in [9.17, 15) is 47.9 Å². The summed E-state index contributed by atoms with van der Waals surface area (Å²) in [6.07, 6.45) is -5.04. The van der Waals surface area contributed by atoms with Gasteiger partial charge in [0.1, 0.15) is 0 Å². The van der Waals surface area contributed by atoms with E-state index in [0.29, 0.717) is 6.61 Å². The highest BCUT2D eigenvalue weighted by Gasteiger charge is 2.85. The van der Waals surface area contributed by atoms with E-state index >= 15 is 0 Å². The second-order valence-corrected chi connectivity index (χ2v) is 5.39. The second-order valence-electron chi connectivity index (χ2n) is 3.79. The maximum Gasteiger partial charge on any atom is 0.460 e. The molecule has 0 spiro atoms. The summed E-state index contributed by atoms with van der Waals surface area (Å²) in [5.41, 5.74) is 0. The minimum atomic E-state index is -7.27. The van der Waals surface area contributed by atoms with E-state index in [0.717, 1.165) is 12.8 Å². The van der Waals surface area contributed by atoms with Crippen LogP contribution in [0.25, 0.3) is 0 Å². The zero-order valence-electron chi connectivity index (χ0n) is 10.8. The van der Waals surface area contributed by atoms with Gasteiger partial charge in [-0.15, -0.1) is 0 Å². The molecule has 22 heavy (non-hydrogen) atoms. The average molecular weight is 373 g/mol. The predicted molar refractivity (Wildman–Crippen MR) is 56.0 cm³/mol. The smallest absolute Gasteiger partial charge is 0.396 e. The number of hydrogen-bond acceptors (Lipinski definition) is 3. The number of aliphatic hydroxyl groups is 1.